The minimum atomic E-state index is -0.836. The van der Waals surface area contributed by atoms with Crippen LogP contribution in [0.15, 0.2) is 97.1 Å². The Labute approximate surface area is 283 Å². The molecule has 0 saturated carbocycles. The van der Waals surface area contributed by atoms with E-state index in [1.165, 1.54) is 29.2 Å². The molecule has 0 saturated heterocycles. The van der Waals surface area contributed by atoms with Gasteiger partial charge in [0.05, 0.1) is 21.5 Å². The van der Waals surface area contributed by atoms with Crippen molar-refractivity contribution in [3.05, 3.63) is 135 Å². The van der Waals surface area contributed by atoms with E-state index in [0.717, 1.165) is 11.1 Å². The number of esters is 1. The highest BCUT2D eigenvalue weighted by molar-refractivity contribution is 6.40. The summed E-state index contributed by atoms with van der Waals surface area (Å²) in [6.07, 6.45) is -0.0722. The molecule has 4 aromatic rings. The molecule has 0 fully saturated rings. The summed E-state index contributed by atoms with van der Waals surface area (Å²) in [6, 6.07) is 27.4. The average molecular weight is 677 g/mol. The zero-order valence-electron chi connectivity index (χ0n) is 25.7. The predicted octanol–water partition coefficient (Wildman–Crippen LogP) is 6.79. The second kappa shape index (κ2) is 17.2. The van der Waals surface area contributed by atoms with E-state index in [9.17, 15) is 24.3 Å². The van der Waals surface area contributed by atoms with Gasteiger partial charge < -0.3 is 25.4 Å². The average Bonchev–Trinajstić information content (AvgIpc) is 3.06. The highest BCUT2D eigenvalue weighted by Gasteiger charge is 2.25. The minimum Gasteiger partial charge on any atom is -0.508 e. The lowest BCUT2D eigenvalue weighted by Gasteiger charge is -2.21. The van der Waals surface area contributed by atoms with Crippen LogP contribution in [-0.4, -0.2) is 47.3 Å². The zero-order chi connectivity index (χ0) is 33.8. The number of hydrogen-bond donors (Lipinski definition) is 3. The summed E-state index contributed by atoms with van der Waals surface area (Å²) in [4.78, 5) is 53.6. The van der Waals surface area contributed by atoms with Gasteiger partial charge in [-0.25, -0.2) is 4.79 Å². The molecule has 0 spiro atoms. The fraction of sp³-hybridized carbons (Fsp3) is 0.222. The number of ether oxygens (including phenoxy) is 1. The van der Waals surface area contributed by atoms with Crippen molar-refractivity contribution < 1.29 is 29.0 Å². The SMILES string of the molecule is CN(Cc1ccccc1)C(=O)NC[C@H](CCC(=O)c1c(Cl)cc(C(=O)NCc2cccc(O)c2)cc1Cl)C(=O)OCc1ccccc1. The third-order valence-corrected chi connectivity index (χ3v) is 7.93. The van der Waals surface area contributed by atoms with Crippen LogP contribution in [0.5, 0.6) is 5.75 Å². The van der Waals surface area contributed by atoms with E-state index in [1.807, 2.05) is 60.7 Å². The van der Waals surface area contributed by atoms with Gasteiger partial charge in [0.2, 0.25) is 0 Å². The molecule has 0 aromatic heterocycles. The fourth-order valence-corrected chi connectivity index (χ4v) is 5.47. The summed E-state index contributed by atoms with van der Waals surface area (Å²) in [5, 5.41) is 15.1. The maximum absolute atomic E-state index is 13.3. The highest BCUT2D eigenvalue weighted by atomic mass is 35.5. The lowest BCUT2D eigenvalue weighted by atomic mass is 9.97. The molecule has 1 atom stereocenters. The van der Waals surface area contributed by atoms with Gasteiger partial charge in [-0.05, 0) is 47.4 Å². The molecule has 0 radical (unpaired) electrons. The third kappa shape index (κ3) is 10.6. The molecule has 244 valence electrons. The summed E-state index contributed by atoms with van der Waals surface area (Å²) in [5.41, 5.74) is 2.62. The van der Waals surface area contributed by atoms with Gasteiger partial charge in [-0.3, -0.25) is 14.4 Å². The van der Waals surface area contributed by atoms with Gasteiger partial charge >= 0.3 is 12.0 Å². The van der Waals surface area contributed by atoms with Crippen LogP contribution in [0.2, 0.25) is 10.0 Å². The van der Waals surface area contributed by atoms with E-state index in [4.69, 9.17) is 27.9 Å². The number of amides is 3. The van der Waals surface area contributed by atoms with E-state index < -0.39 is 23.6 Å². The summed E-state index contributed by atoms with van der Waals surface area (Å²) in [7, 11) is 1.65. The predicted molar refractivity (Wildman–Crippen MR) is 180 cm³/mol. The van der Waals surface area contributed by atoms with Crippen LogP contribution in [0.4, 0.5) is 4.79 Å². The number of nitrogens with zero attached hydrogens (tertiary/aromatic N) is 1. The Balaban J connectivity index is 1.39. The highest BCUT2D eigenvalue weighted by Crippen LogP contribution is 2.29. The van der Waals surface area contributed by atoms with Crippen molar-refractivity contribution in [2.75, 3.05) is 13.6 Å². The van der Waals surface area contributed by atoms with Crippen LogP contribution >= 0.6 is 23.2 Å². The number of halogens is 2. The third-order valence-electron chi connectivity index (χ3n) is 7.33. The summed E-state index contributed by atoms with van der Waals surface area (Å²) in [5.74, 6) is -2.22. The number of rotatable bonds is 14. The number of carbonyl (C=O) groups excluding carboxylic acids is 4. The second-order valence-electron chi connectivity index (χ2n) is 10.9. The van der Waals surface area contributed by atoms with E-state index in [2.05, 4.69) is 10.6 Å². The molecule has 0 aliphatic rings. The topological polar surface area (TPSA) is 125 Å². The molecule has 0 unspecified atom stereocenters. The van der Waals surface area contributed by atoms with Gasteiger partial charge in [0.25, 0.3) is 5.91 Å². The lowest BCUT2D eigenvalue weighted by Crippen LogP contribution is -2.41. The Kier molecular flexibility index (Phi) is 12.8. The first-order valence-electron chi connectivity index (χ1n) is 14.9. The molecular weight excluding hydrogens is 641 g/mol. The number of nitrogens with one attached hydrogen (secondary N) is 2. The number of urea groups is 1. The Hall–Kier alpha value is -4.86. The molecule has 3 amide bonds. The Morgan fingerprint density at radius 3 is 2.06 bits per heavy atom. The van der Waals surface area contributed by atoms with Crippen LogP contribution in [-0.2, 0) is 29.2 Å². The zero-order valence-corrected chi connectivity index (χ0v) is 27.3. The second-order valence-corrected chi connectivity index (χ2v) is 11.8. The number of phenolic OH excluding ortho intramolecular Hbond substituents is 1. The van der Waals surface area contributed by atoms with Crippen LogP contribution in [0, 0.1) is 5.92 Å². The molecule has 0 heterocycles. The Morgan fingerprint density at radius 2 is 1.43 bits per heavy atom. The van der Waals surface area contributed by atoms with Crippen molar-refractivity contribution in [1.29, 1.82) is 0 Å². The molecule has 0 aliphatic carbocycles. The Morgan fingerprint density at radius 1 is 0.809 bits per heavy atom. The van der Waals surface area contributed by atoms with Crippen molar-refractivity contribution in [3.8, 4) is 5.75 Å². The van der Waals surface area contributed by atoms with E-state index in [1.54, 1.807) is 19.2 Å². The van der Waals surface area contributed by atoms with E-state index in [0.29, 0.717) is 12.1 Å². The molecule has 3 N–H and O–H groups in total. The van der Waals surface area contributed by atoms with Crippen molar-refractivity contribution in [2.45, 2.75) is 32.5 Å². The van der Waals surface area contributed by atoms with Crippen molar-refractivity contribution in [1.82, 2.24) is 15.5 Å². The standard InChI is InChI=1S/C36H35Cl2N3O6/c1-41(22-24-9-4-2-5-10-24)36(46)40-21-27(35(45)47-23-25-11-6-3-7-12-25)15-16-32(43)33-30(37)18-28(19-31(33)38)34(44)39-20-26-13-8-14-29(42)17-26/h2-14,17-19,27,42H,15-16,20-23H2,1H3,(H,39,44)(H,40,46)/t27-/m0/s1. The largest absolute Gasteiger partial charge is 0.508 e. The maximum atomic E-state index is 13.3. The molecular formula is C36H35Cl2N3O6. The number of benzene rings is 4. The van der Waals surface area contributed by atoms with Crippen LogP contribution in [0.25, 0.3) is 0 Å². The van der Waals surface area contributed by atoms with Crippen molar-refractivity contribution >= 4 is 46.9 Å². The van der Waals surface area contributed by atoms with Crippen LogP contribution in [0.1, 0.15) is 50.2 Å². The normalized spacial score (nSPS) is 11.3. The number of hydrogen-bond acceptors (Lipinski definition) is 6. The first-order chi connectivity index (χ1) is 22.6. The molecule has 4 aromatic carbocycles. The smallest absolute Gasteiger partial charge is 0.317 e. The number of ketones is 1. The number of aromatic hydroxyl groups is 1. The summed E-state index contributed by atoms with van der Waals surface area (Å²) in [6.45, 7) is 0.510. The van der Waals surface area contributed by atoms with Gasteiger partial charge in [-0.1, -0.05) is 96.0 Å². The molecule has 47 heavy (non-hydrogen) atoms. The number of Topliss-reactive ketones (excluding diaryl/α,β-unsaturated/α-hetero) is 1. The number of carbonyl (C=O) groups is 4. The molecule has 0 bridgehead atoms. The van der Waals surface area contributed by atoms with Crippen molar-refractivity contribution in [2.24, 2.45) is 5.92 Å². The molecule has 9 nitrogen and oxygen atoms in total. The van der Waals surface area contributed by atoms with Gasteiger partial charge in [-0.15, -0.1) is 0 Å². The fourth-order valence-electron chi connectivity index (χ4n) is 4.78. The molecule has 11 heteroatoms. The van der Waals surface area contributed by atoms with Gasteiger partial charge in [0.15, 0.2) is 5.78 Å². The van der Waals surface area contributed by atoms with E-state index >= 15 is 0 Å². The quantitative estimate of drug-likeness (QED) is 0.0998. The van der Waals surface area contributed by atoms with Gasteiger partial charge in [0, 0.05) is 38.7 Å². The van der Waals surface area contributed by atoms with Gasteiger partial charge in [-0.2, -0.15) is 0 Å². The van der Waals surface area contributed by atoms with Crippen molar-refractivity contribution in [3.63, 3.8) is 0 Å². The Bertz CT molecular complexity index is 1680. The van der Waals surface area contributed by atoms with Crippen LogP contribution < -0.4 is 10.6 Å². The first kappa shape index (κ1) is 35.0. The summed E-state index contributed by atoms with van der Waals surface area (Å²) >= 11 is 12.9. The first-order valence-corrected chi connectivity index (χ1v) is 15.7. The van der Waals surface area contributed by atoms with E-state index in [-0.39, 0.29) is 65.5 Å². The molecule has 4 rings (SSSR count). The van der Waals surface area contributed by atoms with Crippen LogP contribution in [0.3, 0.4) is 0 Å². The molecule has 0 aliphatic heterocycles. The van der Waals surface area contributed by atoms with Gasteiger partial charge in [0.1, 0.15) is 12.4 Å². The monoisotopic (exact) mass is 675 g/mol. The minimum absolute atomic E-state index is 0.0101. The maximum Gasteiger partial charge on any atom is 0.317 e. The number of phenols is 1. The lowest BCUT2D eigenvalue weighted by molar-refractivity contribution is -0.149. The summed E-state index contributed by atoms with van der Waals surface area (Å²) < 4.78 is 5.54.